The van der Waals surface area contributed by atoms with Gasteiger partial charge in [-0.15, -0.1) is 0 Å². The largest absolute Gasteiger partial charge is 0.330 e. The second kappa shape index (κ2) is 7.38. The quantitative estimate of drug-likeness (QED) is 0.472. The molecule has 0 atom stereocenters. The molecular weight excluding hydrogens is 144 g/mol. The van der Waals surface area contributed by atoms with E-state index in [0.717, 1.165) is 19.5 Å². The first-order valence-corrected chi connectivity index (χ1v) is 4.79. The number of hydrogen-bond donors (Lipinski definition) is 1. The van der Waals surface area contributed by atoms with E-state index in [1.54, 1.807) is 0 Å². The molecule has 2 nitrogen and oxygen atoms in total. The van der Waals surface area contributed by atoms with Crippen LogP contribution in [-0.4, -0.2) is 30.2 Å². The Hall–Kier alpha value is 0.270. The summed E-state index contributed by atoms with van der Waals surface area (Å²) < 4.78 is 2.25. The summed E-state index contributed by atoms with van der Waals surface area (Å²) >= 11 is 1.89. The molecule has 0 spiro atoms. The van der Waals surface area contributed by atoms with Crippen LogP contribution < -0.4 is 5.73 Å². The average Bonchev–Trinajstić information content (AvgIpc) is 1.98. The van der Waals surface area contributed by atoms with Crippen molar-refractivity contribution >= 4 is 11.9 Å². The van der Waals surface area contributed by atoms with Gasteiger partial charge in [-0.25, -0.2) is 0 Å². The minimum atomic E-state index is 0.830. The molecule has 0 saturated heterocycles. The maximum absolute atomic E-state index is 5.36. The number of hydrogen-bond acceptors (Lipinski definition) is 3. The molecule has 0 radical (unpaired) electrons. The molecule has 0 bridgehead atoms. The summed E-state index contributed by atoms with van der Waals surface area (Å²) in [5.74, 6) is 1.21. The first-order chi connectivity index (χ1) is 4.81. The summed E-state index contributed by atoms with van der Waals surface area (Å²) in [5.41, 5.74) is 5.36. The zero-order chi connectivity index (χ0) is 7.82. The fourth-order valence-electron chi connectivity index (χ4n) is 0.558. The van der Waals surface area contributed by atoms with Gasteiger partial charge in [0.05, 0.1) is 0 Å². The van der Waals surface area contributed by atoms with Crippen molar-refractivity contribution in [1.82, 2.24) is 4.31 Å². The van der Waals surface area contributed by atoms with E-state index in [4.69, 9.17) is 5.73 Å². The lowest BCUT2D eigenvalue weighted by molar-refractivity contribution is 0.600. The van der Waals surface area contributed by atoms with Gasteiger partial charge < -0.3 is 5.73 Å². The lowest BCUT2D eigenvalue weighted by atomic mass is 10.3. The normalized spacial score (nSPS) is 10.8. The highest BCUT2D eigenvalue weighted by atomic mass is 32.2. The van der Waals surface area contributed by atoms with Gasteiger partial charge >= 0.3 is 0 Å². The molecule has 0 aliphatic heterocycles. The van der Waals surface area contributed by atoms with E-state index in [0.29, 0.717) is 0 Å². The van der Waals surface area contributed by atoms with Gasteiger partial charge in [-0.3, -0.25) is 4.31 Å². The standard InChI is InChI=1S/C7H18N2S/c1-3-9(2)10-7-5-4-6-8/h3-8H2,1-2H3. The number of unbranched alkanes of at least 4 members (excludes halogenated alkanes) is 1. The van der Waals surface area contributed by atoms with Crippen molar-refractivity contribution in [2.45, 2.75) is 19.8 Å². The molecular formula is C7H18N2S. The van der Waals surface area contributed by atoms with Crippen molar-refractivity contribution in [3.8, 4) is 0 Å². The summed E-state index contributed by atoms with van der Waals surface area (Å²) in [6.07, 6.45) is 2.40. The molecule has 0 rings (SSSR count). The highest BCUT2D eigenvalue weighted by Gasteiger charge is 1.93. The fraction of sp³-hybridized carbons (Fsp3) is 1.00. The van der Waals surface area contributed by atoms with E-state index >= 15 is 0 Å². The Kier molecular flexibility index (Phi) is 7.58. The molecule has 10 heavy (non-hydrogen) atoms. The molecule has 0 unspecified atom stereocenters. The molecule has 0 saturated carbocycles. The monoisotopic (exact) mass is 162 g/mol. The topological polar surface area (TPSA) is 29.3 Å². The molecule has 0 aromatic heterocycles. The third-order valence-corrected chi connectivity index (χ3v) is 2.53. The zero-order valence-electron chi connectivity index (χ0n) is 6.97. The second-order valence-corrected chi connectivity index (χ2v) is 3.56. The molecule has 0 fully saturated rings. The van der Waals surface area contributed by atoms with E-state index in [2.05, 4.69) is 18.3 Å². The Balaban J connectivity index is 2.89. The third-order valence-electron chi connectivity index (χ3n) is 1.36. The van der Waals surface area contributed by atoms with Gasteiger partial charge in [-0.2, -0.15) is 0 Å². The van der Waals surface area contributed by atoms with Gasteiger partial charge in [0.15, 0.2) is 0 Å². The van der Waals surface area contributed by atoms with Crippen LogP contribution in [0.5, 0.6) is 0 Å². The van der Waals surface area contributed by atoms with Crippen molar-refractivity contribution in [2.24, 2.45) is 5.73 Å². The SMILES string of the molecule is CCN(C)SCCCCN. The van der Waals surface area contributed by atoms with Crippen LogP contribution in [0.15, 0.2) is 0 Å². The first-order valence-electron chi connectivity index (χ1n) is 3.85. The molecule has 0 aliphatic rings. The zero-order valence-corrected chi connectivity index (χ0v) is 7.78. The Morgan fingerprint density at radius 3 is 2.60 bits per heavy atom. The Morgan fingerprint density at radius 1 is 1.40 bits per heavy atom. The maximum Gasteiger partial charge on any atom is 0.00812 e. The number of nitrogens with zero attached hydrogens (tertiary/aromatic N) is 1. The van der Waals surface area contributed by atoms with Crippen LogP contribution in [0.2, 0.25) is 0 Å². The van der Waals surface area contributed by atoms with Crippen LogP contribution in [-0.2, 0) is 0 Å². The third kappa shape index (κ3) is 6.39. The highest BCUT2D eigenvalue weighted by Crippen LogP contribution is 2.07. The summed E-state index contributed by atoms with van der Waals surface area (Å²) in [6, 6.07) is 0. The Labute approximate surface area is 68.3 Å². The lowest BCUT2D eigenvalue weighted by Gasteiger charge is -2.11. The van der Waals surface area contributed by atoms with Crippen LogP contribution in [0.1, 0.15) is 19.8 Å². The predicted molar refractivity (Wildman–Crippen MR) is 49.1 cm³/mol. The smallest absolute Gasteiger partial charge is 0.00812 e. The minimum Gasteiger partial charge on any atom is -0.330 e. The van der Waals surface area contributed by atoms with Gasteiger partial charge in [0.25, 0.3) is 0 Å². The molecule has 2 N–H and O–H groups in total. The summed E-state index contributed by atoms with van der Waals surface area (Å²) in [5, 5.41) is 0. The van der Waals surface area contributed by atoms with Crippen LogP contribution in [0.3, 0.4) is 0 Å². The summed E-state index contributed by atoms with van der Waals surface area (Å²) in [7, 11) is 2.12. The average molecular weight is 162 g/mol. The number of rotatable bonds is 6. The van der Waals surface area contributed by atoms with E-state index in [1.807, 2.05) is 11.9 Å². The van der Waals surface area contributed by atoms with E-state index in [9.17, 15) is 0 Å². The Morgan fingerprint density at radius 2 is 2.10 bits per heavy atom. The molecule has 3 heteroatoms. The summed E-state index contributed by atoms with van der Waals surface area (Å²) in [6.45, 7) is 4.11. The van der Waals surface area contributed by atoms with Crippen molar-refractivity contribution in [3.63, 3.8) is 0 Å². The van der Waals surface area contributed by atoms with Gasteiger partial charge in [0.1, 0.15) is 0 Å². The van der Waals surface area contributed by atoms with Gasteiger partial charge in [0.2, 0.25) is 0 Å². The molecule has 62 valence electrons. The molecule has 0 aliphatic carbocycles. The first kappa shape index (κ1) is 10.3. The van der Waals surface area contributed by atoms with Gasteiger partial charge in [0, 0.05) is 12.3 Å². The second-order valence-electron chi connectivity index (χ2n) is 2.27. The highest BCUT2D eigenvalue weighted by molar-refractivity contribution is 7.96. The molecule has 0 aromatic rings. The number of nitrogens with two attached hydrogens (primary N) is 1. The van der Waals surface area contributed by atoms with E-state index in [-0.39, 0.29) is 0 Å². The Bertz CT molecular complexity index is 68.6. The molecule has 0 aromatic carbocycles. The van der Waals surface area contributed by atoms with Gasteiger partial charge in [-0.05, 0) is 26.4 Å². The predicted octanol–water partition coefficient (Wildman–Crippen LogP) is 1.33. The van der Waals surface area contributed by atoms with Crippen molar-refractivity contribution < 1.29 is 0 Å². The van der Waals surface area contributed by atoms with Gasteiger partial charge in [-0.1, -0.05) is 18.9 Å². The lowest BCUT2D eigenvalue weighted by Crippen LogP contribution is -2.08. The summed E-state index contributed by atoms with van der Waals surface area (Å²) in [4.78, 5) is 0. The van der Waals surface area contributed by atoms with Crippen LogP contribution >= 0.6 is 11.9 Å². The van der Waals surface area contributed by atoms with Crippen molar-refractivity contribution in [1.29, 1.82) is 0 Å². The van der Waals surface area contributed by atoms with Crippen LogP contribution in [0.4, 0.5) is 0 Å². The van der Waals surface area contributed by atoms with E-state index < -0.39 is 0 Å². The van der Waals surface area contributed by atoms with Crippen LogP contribution in [0, 0.1) is 0 Å². The van der Waals surface area contributed by atoms with E-state index in [1.165, 1.54) is 12.2 Å². The minimum absolute atomic E-state index is 0.830. The molecule has 0 amide bonds. The van der Waals surface area contributed by atoms with Crippen LogP contribution in [0.25, 0.3) is 0 Å². The van der Waals surface area contributed by atoms with Crippen molar-refractivity contribution in [2.75, 3.05) is 25.9 Å². The van der Waals surface area contributed by atoms with Crippen molar-refractivity contribution in [3.05, 3.63) is 0 Å². The molecule has 0 heterocycles. The maximum atomic E-state index is 5.36. The fourth-order valence-corrected chi connectivity index (χ4v) is 1.39.